The van der Waals surface area contributed by atoms with Crippen LogP contribution in [0.1, 0.15) is 16.7 Å². The van der Waals surface area contributed by atoms with Crippen LogP contribution in [0.4, 0.5) is 0 Å². The van der Waals surface area contributed by atoms with Crippen molar-refractivity contribution in [1.82, 2.24) is 5.32 Å². The summed E-state index contributed by atoms with van der Waals surface area (Å²) >= 11 is 7.85. The lowest BCUT2D eigenvalue weighted by Crippen LogP contribution is -2.30. The summed E-state index contributed by atoms with van der Waals surface area (Å²) in [4.78, 5) is 11.8. The van der Waals surface area contributed by atoms with Crippen molar-refractivity contribution in [2.75, 3.05) is 18.9 Å². The van der Waals surface area contributed by atoms with Crippen LogP contribution in [0.3, 0.4) is 0 Å². The summed E-state index contributed by atoms with van der Waals surface area (Å²) < 4.78 is 5.54. The molecule has 0 spiro atoms. The zero-order valence-electron chi connectivity index (χ0n) is 14.0. The monoisotopic (exact) mass is 363 g/mol. The zero-order valence-corrected chi connectivity index (χ0v) is 15.5. The first kappa shape index (κ1) is 18.7. The fourth-order valence-electron chi connectivity index (χ4n) is 2.28. The molecule has 0 saturated heterocycles. The van der Waals surface area contributed by atoms with Gasteiger partial charge in [0.25, 0.3) is 5.91 Å². The van der Waals surface area contributed by atoms with Crippen LogP contribution >= 0.6 is 23.4 Å². The van der Waals surface area contributed by atoms with E-state index in [1.807, 2.05) is 50.2 Å². The van der Waals surface area contributed by atoms with Gasteiger partial charge in [-0.3, -0.25) is 4.79 Å². The van der Waals surface area contributed by atoms with Crippen LogP contribution < -0.4 is 10.1 Å². The molecule has 0 aliphatic heterocycles. The van der Waals surface area contributed by atoms with Gasteiger partial charge in [-0.25, -0.2) is 0 Å². The fraction of sp³-hybridized carbons (Fsp3) is 0.316. The summed E-state index contributed by atoms with van der Waals surface area (Å²) in [5.41, 5.74) is 3.37. The number of hydrogen-bond acceptors (Lipinski definition) is 3. The molecule has 0 fully saturated rings. The van der Waals surface area contributed by atoms with Gasteiger partial charge in [-0.1, -0.05) is 35.9 Å². The Hall–Kier alpha value is -1.65. The standard InChI is InChI=1S/C19H22ClNO2S/c1-14-9-15(2)11-17(10-14)23-12-19(22)21-7-8-24-13-16-5-3-4-6-18(16)20/h3-6,9-11H,7-8,12-13H2,1-2H3,(H,21,22). The number of carbonyl (C=O) groups is 1. The van der Waals surface area contributed by atoms with E-state index in [4.69, 9.17) is 16.3 Å². The summed E-state index contributed by atoms with van der Waals surface area (Å²) in [5, 5.41) is 3.65. The normalized spacial score (nSPS) is 10.5. The average molecular weight is 364 g/mol. The quantitative estimate of drug-likeness (QED) is 0.707. The molecule has 2 rings (SSSR count). The molecule has 0 heterocycles. The molecule has 0 aliphatic rings. The van der Waals surface area contributed by atoms with Gasteiger partial charge >= 0.3 is 0 Å². The molecule has 0 saturated carbocycles. The number of nitrogens with one attached hydrogen (secondary N) is 1. The third kappa shape index (κ3) is 6.46. The highest BCUT2D eigenvalue weighted by Gasteiger charge is 2.04. The van der Waals surface area contributed by atoms with E-state index in [0.717, 1.165) is 39.0 Å². The minimum Gasteiger partial charge on any atom is -0.484 e. The molecule has 2 aromatic rings. The van der Waals surface area contributed by atoms with Crippen molar-refractivity contribution in [1.29, 1.82) is 0 Å². The van der Waals surface area contributed by atoms with Gasteiger partial charge in [-0.2, -0.15) is 11.8 Å². The Balaban J connectivity index is 1.62. The second kappa shape index (κ2) is 9.60. The van der Waals surface area contributed by atoms with Crippen LogP contribution in [0.5, 0.6) is 5.75 Å². The Labute approximate surface area is 152 Å². The van der Waals surface area contributed by atoms with Crippen LogP contribution in [-0.4, -0.2) is 24.8 Å². The van der Waals surface area contributed by atoms with Crippen molar-refractivity contribution in [2.45, 2.75) is 19.6 Å². The van der Waals surface area contributed by atoms with Crippen molar-refractivity contribution < 1.29 is 9.53 Å². The van der Waals surface area contributed by atoms with Gasteiger partial charge in [-0.05, 0) is 48.7 Å². The maximum atomic E-state index is 11.8. The molecule has 1 amide bonds. The number of ether oxygens (including phenoxy) is 1. The molecule has 0 unspecified atom stereocenters. The molecule has 24 heavy (non-hydrogen) atoms. The number of thioether (sulfide) groups is 1. The molecule has 5 heteroatoms. The van der Waals surface area contributed by atoms with Crippen LogP contribution in [0.25, 0.3) is 0 Å². The minimum absolute atomic E-state index is 0.0398. The Morgan fingerprint density at radius 3 is 2.58 bits per heavy atom. The second-order valence-electron chi connectivity index (χ2n) is 5.61. The Bertz CT molecular complexity index is 671. The topological polar surface area (TPSA) is 38.3 Å². The number of amides is 1. The summed E-state index contributed by atoms with van der Waals surface area (Å²) in [6, 6.07) is 13.7. The van der Waals surface area contributed by atoms with Gasteiger partial charge < -0.3 is 10.1 Å². The van der Waals surface area contributed by atoms with Crippen LogP contribution in [0, 0.1) is 13.8 Å². The highest BCUT2D eigenvalue weighted by atomic mass is 35.5. The zero-order chi connectivity index (χ0) is 17.4. The first-order valence-electron chi connectivity index (χ1n) is 7.83. The van der Waals surface area contributed by atoms with Crippen molar-refractivity contribution >= 4 is 29.3 Å². The number of hydrogen-bond donors (Lipinski definition) is 1. The molecule has 0 atom stereocenters. The second-order valence-corrected chi connectivity index (χ2v) is 7.12. The van der Waals surface area contributed by atoms with Crippen LogP contribution in [0.2, 0.25) is 5.02 Å². The lowest BCUT2D eigenvalue weighted by molar-refractivity contribution is -0.122. The largest absolute Gasteiger partial charge is 0.484 e. The Kier molecular flexibility index (Phi) is 7.47. The fourth-order valence-corrected chi connectivity index (χ4v) is 3.42. The van der Waals surface area contributed by atoms with Crippen molar-refractivity contribution in [2.24, 2.45) is 0 Å². The van der Waals surface area contributed by atoms with Gasteiger partial charge in [0.2, 0.25) is 0 Å². The maximum Gasteiger partial charge on any atom is 0.257 e. The smallest absolute Gasteiger partial charge is 0.257 e. The lowest BCUT2D eigenvalue weighted by Gasteiger charge is -2.09. The van der Waals surface area contributed by atoms with Gasteiger partial charge in [-0.15, -0.1) is 0 Å². The first-order chi connectivity index (χ1) is 11.5. The number of benzene rings is 2. The highest BCUT2D eigenvalue weighted by Crippen LogP contribution is 2.20. The molecule has 3 nitrogen and oxygen atoms in total. The van der Waals surface area contributed by atoms with Gasteiger partial charge in [0.05, 0.1) is 0 Å². The van der Waals surface area contributed by atoms with E-state index in [2.05, 4.69) is 11.4 Å². The van der Waals surface area contributed by atoms with E-state index in [-0.39, 0.29) is 12.5 Å². The lowest BCUT2D eigenvalue weighted by atomic mass is 10.1. The van der Waals surface area contributed by atoms with Gasteiger partial charge in [0, 0.05) is 23.1 Å². The van der Waals surface area contributed by atoms with E-state index >= 15 is 0 Å². The molecular formula is C19H22ClNO2S. The summed E-state index contributed by atoms with van der Waals surface area (Å²) in [5.74, 6) is 2.30. The Morgan fingerprint density at radius 1 is 1.17 bits per heavy atom. The molecule has 0 bridgehead atoms. The van der Waals surface area contributed by atoms with E-state index in [1.165, 1.54) is 0 Å². The van der Waals surface area contributed by atoms with Gasteiger partial charge in [0.15, 0.2) is 6.61 Å². The average Bonchev–Trinajstić information content (AvgIpc) is 2.53. The molecule has 0 aromatic heterocycles. The molecule has 128 valence electrons. The van der Waals surface area contributed by atoms with E-state index in [0.29, 0.717) is 6.54 Å². The van der Waals surface area contributed by atoms with E-state index in [9.17, 15) is 4.79 Å². The molecule has 0 aliphatic carbocycles. The van der Waals surface area contributed by atoms with Crippen LogP contribution in [0.15, 0.2) is 42.5 Å². The first-order valence-corrected chi connectivity index (χ1v) is 9.37. The third-order valence-corrected chi connectivity index (χ3v) is 4.73. The van der Waals surface area contributed by atoms with Crippen molar-refractivity contribution in [3.63, 3.8) is 0 Å². The maximum absolute atomic E-state index is 11.8. The van der Waals surface area contributed by atoms with E-state index in [1.54, 1.807) is 11.8 Å². The van der Waals surface area contributed by atoms with E-state index < -0.39 is 0 Å². The molecule has 1 N–H and O–H groups in total. The number of rotatable bonds is 8. The summed E-state index contributed by atoms with van der Waals surface area (Å²) in [7, 11) is 0. The predicted molar refractivity (Wildman–Crippen MR) is 102 cm³/mol. The van der Waals surface area contributed by atoms with Crippen LogP contribution in [-0.2, 0) is 10.5 Å². The molecular weight excluding hydrogens is 342 g/mol. The molecule has 0 radical (unpaired) electrons. The highest BCUT2D eigenvalue weighted by molar-refractivity contribution is 7.98. The number of carbonyl (C=O) groups excluding carboxylic acids is 1. The van der Waals surface area contributed by atoms with Crippen molar-refractivity contribution in [3.05, 3.63) is 64.2 Å². The summed E-state index contributed by atoms with van der Waals surface area (Å²) in [6.45, 7) is 4.68. The SMILES string of the molecule is Cc1cc(C)cc(OCC(=O)NCCSCc2ccccc2Cl)c1. The summed E-state index contributed by atoms with van der Waals surface area (Å²) in [6.07, 6.45) is 0. The Morgan fingerprint density at radius 2 is 1.88 bits per heavy atom. The predicted octanol–water partition coefficient (Wildman–Crippen LogP) is 4.39. The third-order valence-electron chi connectivity index (χ3n) is 3.35. The van der Waals surface area contributed by atoms with Crippen molar-refractivity contribution in [3.8, 4) is 5.75 Å². The van der Waals surface area contributed by atoms with Gasteiger partial charge in [0.1, 0.15) is 5.75 Å². The number of halogens is 1. The minimum atomic E-state index is -0.104. The molecule has 2 aromatic carbocycles. The number of aryl methyl sites for hydroxylation is 2.